The minimum Gasteiger partial charge on any atom is -0.490 e. The van der Waals surface area contributed by atoms with E-state index in [0.717, 1.165) is 22.6 Å². The summed E-state index contributed by atoms with van der Waals surface area (Å²) in [5.41, 5.74) is 3.26. The van der Waals surface area contributed by atoms with Crippen LogP contribution in [-0.2, 0) is 4.79 Å². The molecule has 2 aromatic carbocycles. The van der Waals surface area contributed by atoms with E-state index in [4.69, 9.17) is 21.7 Å². The topological polar surface area (TPSA) is 47.6 Å². The molecule has 3 rings (SSSR count). The Morgan fingerprint density at radius 1 is 1.08 bits per heavy atom. The van der Waals surface area contributed by atoms with Crippen LogP contribution in [0.1, 0.15) is 16.7 Å². The standard InChI is InChI=1S/C20H19NO3S2/c1-13-3-8-17(14(2)11-13)24-10-9-23-16-6-4-15(5-7-16)12-18-19(22)21-20(25)26-18/h3-8,11-12H,9-10H2,1-2H3,(H,21,22,25). The Hall–Kier alpha value is -2.31. The average Bonchev–Trinajstić information content (AvgIpc) is 2.92. The third-order valence-electron chi connectivity index (χ3n) is 3.76. The van der Waals surface area contributed by atoms with Gasteiger partial charge in [-0.2, -0.15) is 0 Å². The molecule has 0 saturated carbocycles. The first-order valence-corrected chi connectivity index (χ1v) is 9.41. The SMILES string of the molecule is Cc1ccc(OCCOc2ccc(C=C3SC(=S)NC3=O)cc2)c(C)c1. The molecule has 26 heavy (non-hydrogen) atoms. The summed E-state index contributed by atoms with van der Waals surface area (Å²) in [7, 11) is 0. The van der Waals surface area contributed by atoms with Crippen LogP contribution in [0.5, 0.6) is 11.5 Å². The molecule has 1 aliphatic rings. The van der Waals surface area contributed by atoms with Crippen molar-refractivity contribution in [3.63, 3.8) is 0 Å². The number of hydrogen-bond donors (Lipinski definition) is 1. The van der Waals surface area contributed by atoms with E-state index < -0.39 is 0 Å². The van der Waals surface area contributed by atoms with Crippen molar-refractivity contribution in [3.05, 3.63) is 64.1 Å². The summed E-state index contributed by atoms with van der Waals surface area (Å²) in [5, 5.41) is 2.60. The van der Waals surface area contributed by atoms with Gasteiger partial charge >= 0.3 is 0 Å². The maximum atomic E-state index is 11.7. The Balaban J connectivity index is 1.49. The Morgan fingerprint density at radius 3 is 2.46 bits per heavy atom. The zero-order valence-corrected chi connectivity index (χ0v) is 16.2. The Labute approximate surface area is 162 Å². The number of amides is 1. The second kappa shape index (κ2) is 8.38. The highest BCUT2D eigenvalue weighted by atomic mass is 32.2. The fourth-order valence-corrected chi connectivity index (χ4v) is 3.55. The van der Waals surface area contributed by atoms with Crippen molar-refractivity contribution in [2.75, 3.05) is 13.2 Å². The van der Waals surface area contributed by atoms with E-state index in [9.17, 15) is 4.79 Å². The van der Waals surface area contributed by atoms with Gasteiger partial charge in [-0.15, -0.1) is 0 Å². The van der Waals surface area contributed by atoms with Crippen LogP contribution in [0.4, 0.5) is 0 Å². The van der Waals surface area contributed by atoms with Gasteiger partial charge in [-0.1, -0.05) is 53.8 Å². The molecule has 134 valence electrons. The van der Waals surface area contributed by atoms with Gasteiger partial charge in [0.1, 0.15) is 29.0 Å². The van der Waals surface area contributed by atoms with Crippen LogP contribution < -0.4 is 14.8 Å². The van der Waals surface area contributed by atoms with E-state index in [1.165, 1.54) is 17.3 Å². The smallest absolute Gasteiger partial charge is 0.263 e. The molecule has 1 heterocycles. The molecule has 4 nitrogen and oxygen atoms in total. The van der Waals surface area contributed by atoms with Crippen LogP contribution in [0.2, 0.25) is 0 Å². The Morgan fingerprint density at radius 2 is 1.81 bits per heavy atom. The van der Waals surface area contributed by atoms with Crippen LogP contribution in [0, 0.1) is 13.8 Å². The predicted molar refractivity (Wildman–Crippen MR) is 110 cm³/mol. The molecule has 2 aromatic rings. The number of ether oxygens (including phenoxy) is 2. The number of aryl methyl sites for hydroxylation is 2. The molecule has 6 heteroatoms. The molecule has 0 atom stereocenters. The predicted octanol–water partition coefficient (Wildman–Crippen LogP) is 4.25. The highest BCUT2D eigenvalue weighted by Crippen LogP contribution is 2.26. The molecule has 0 radical (unpaired) electrons. The summed E-state index contributed by atoms with van der Waals surface area (Å²) in [4.78, 5) is 12.3. The number of hydrogen-bond acceptors (Lipinski definition) is 5. The third-order valence-corrected chi connectivity index (χ3v) is 4.92. The summed E-state index contributed by atoms with van der Waals surface area (Å²) < 4.78 is 11.9. The summed E-state index contributed by atoms with van der Waals surface area (Å²) in [6.45, 7) is 5.03. The third kappa shape index (κ3) is 4.86. The average molecular weight is 386 g/mol. The van der Waals surface area contributed by atoms with Crippen molar-refractivity contribution in [1.82, 2.24) is 5.32 Å². The van der Waals surface area contributed by atoms with Crippen LogP contribution in [0.15, 0.2) is 47.4 Å². The van der Waals surface area contributed by atoms with Crippen molar-refractivity contribution in [2.24, 2.45) is 0 Å². The molecule has 0 aromatic heterocycles. The molecule has 0 unspecified atom stereocenters. The summed E-state index contributed by atoms with van der Waals surface area (Å²) in [6, 6.07) is 13.7. The van der Waals surface area contributed by atoms with Gasteiger partial charge in [-0.3, -0.25) is 4.79 Å². The van der Waals surface area contributed by atoms with Crippen molar-refractivity contribution in [1.29, 1.82) is 0 Å². The second-order valence-corrected chi connectivity index (χ2v) is 7.61. The molecule has 1 aliphatic heterocycles. The largest absolute Gasteiger partial charge is 0.490 e. The zero-order valence-electron chi connectivity index (χ0n) is 14.6. The molecule has 1 saturated heterocycles. The first kappa shape index (κ1) is 18.5. The van der Waals surface area contributed by atoms with E-state index in [2.05, 4.69) is 18.3 Å². The summed E-state index contributed by atoms with van der Waals surface area (Å²) in [5.74, 6) is 1.49. The van der Waals surface area contributed by atoms with Gasteiger partial charge in [-0.25, -0.2) is 0 Å². The van der Waals surface area contributed by atoms with Gasteiger partial charge in [0.25, 0.3) is 5.91 Å². The van der Waals surface area contributed by atoms with Crippen LogP contribution >= 0.6 is 24.0 Å². The van der Waals surface area contributed by atoms with E-state index in [-0.39, 0.29) is 5.91 Å². The number of benzene rings is 2. The molecule has 1 fully saturated rings. The van der Waals surface area contributed by atoms with E-state index in [1.54, 1.807) is 0 Å². The zero-order chi connectivity index (χ0) is 18.5. The highest BCUT2D eigenvalue weighted by molar-refractivity contribution is 8.26. The van der Waals surface area contributed by atoms with E-state index in [0.29, 0.717) is 22.4 Å². The Bertz CT molecular complexity index is 860. The van der Waals surface area contributed by atoms with Gasteiger partial charge in [0.2, 0.25) is 0 Å². The van der Waals surface area contributed by atoms with Crippen molar-refractivity contribution < 1.29 is 14.3 Å². The van der Waals surface area contributed by atoms with Crippen LogP contribution in [0.3, 0.4) is 0 Å². The normalized spacial score (nSPS) is 15.2. The lowest BCUT2D eigenvalue weighted by Crippen LogP contribution is -2.17. The first-order valence-electron chi connectivity index (χ1n) is 8.19. The molecule has 0 spiro atoms. The minimum absolute atomic E-state index is 0.149. The van der Waals surface area contributed by atoms with Crippen molar-refractivity contribution in [2.45, 2.75) is 13.8 Å². The number of rotatable bonds is 6. The van der Waals surface area contributed by atoms with Gasteiger partial charge in [0.15, 0.2) is 0 Å². The maximum Gasteiger partial charge on any atom is 0.263 e. The van der Waals surface area contributed by atoms with Gasteiger partial charge < -0.3 is 14.8 Å². The first-order chi connectivity index (χ1) is 12.5. The van der Waals surface area contributed by atoms with Gasteiger partial charge in [0.05, 0.1) is 4.91 Å². The minimum atomic E-state index is -0.149. The van der Waals surface area contributed by atoms with Crippen molar-refractivity contribution >= 4 is 40.3 Å². The number of carbonyl (C=O) groups is 1. The Kier molecular flexibility index (Phi) is 5.96. The molecular weight excluding hydrogens is 366 g/mol. The highest BCUT2D eigenvalue weighted by Gasteiger charge is 2.21. The number of thioether (sulfide) groups is 1. The van der Waals surface area contributed by atoms with Gasteiger partial charge in [-0.05, 0) is 49.2 Å². The molecular formula is C20H19NO3S2. The number of nitrogens with one attached hydrogen (secondary N) is 1. The lowest BCUT2D eigenvalue weighted by molar-refractivity contribution is -0.115. The van der Waals surface area contributed by atoms with E-state index in [1.807, 2.05) is 49.4 Å². The van der Waals surface area contributed by atoms with E-state index >= 15 is 0 Å². The number of carbonyl (C=O) groups excluding carboxylic acids is 1. The number of thiocarbonyl (C=S) groups is 1. The monoisotopic (exact) mass is 385 g/mol. The molecule has 1 amide bonds. The summed E-state index contributed by atoms with van der Waals surface area (Å²) in [6.07, 6.45) is 1.81. The maximum absolute atomic E-state index is 11.7. The lowest BCUT2D eigenvalue weighted by Gasteiger charge is -2.11. The van der Waals surface area contributed by atoms with Gasteiger partial charge in [0, 0.05) is 0 Å². The van der Waals surface area contributed by atoms with Crippen molar-refractivity contribution in [3.8, 4) is 11.5 Å². The fraction of sp³-hybridized carbons (Fsp3) is 0.200. The molecule has 0 aliphatic carbocycles. The van der Waals surface area contributed by atoms with Crippen LogP contribution in [-0.4, -0.2) is 23.4 Å². The lowest BCUT2D eigenvalue weighted by atomic mass is 10.1. The van der Waals surface area contributed by atoms with Crippen LogP contribution in [0.25, 0.3) is 6.08 Å². The summed E-state index contributed by atoms with van der Waals surface area (Å²) >= 11 is 6.25. The quantitative estimate of drug-likeness (QED) is 0.458. The fourth-order valence-electron chi connectivity index (χ4n) is 2.51. The molecule has 0 bridgehead atoms. The molecule has 1 N–H and O–H groups in total. The second-order valence-electron chi connectivity index (χ2n) is 5.89.